The van der Waals surface area contributed by atoms with Crippen LogP contribution in [0.3, 0.4) is 0 Å². The molecule has 3 heteroatoms. The van der Waals surface area contributed by atoms with E-state index in [0.717, 1.165) is 32.4 Å². The van der Waals surface area contributed by atoms with Crippen LogP contribution in [0.4, 0.5) is 0 Å². The molecule has 1 fully saturated rings. The molecule has 0 spiro atoms. The highest BCUT2D eigenvalue weighted by molar-refractivity contribution is 5.72. The van der Waals surface area contributed by atoms with Crippen molar-refractivity contribution < 1.29 is 9.53 Å². The molecule has 0 saturated carbocycles. The van der Waals surface area contributed by atoms with Gasteiger partial charge in [-0.05, 0) is 37.8 Å². The van der Waals surface area contributed by atoms with Gasteiger partial charge in [0.2, 0.25) is 0 Å². The van der Waals surface area contributed by atoms with Crippen LogP contribution in [-0.4, -0.2) is 25.7 Å². The van der Waals surface area contributed by atoms with Gasteiger partial charge in [-0.1, -0.05) is 20.8 Å². The summed E-state index contributed by atoms with van der Waals surface area (Å²) in [5, 5.41) is 3.24. The Morgan fingerprint density at radius 1 is 1.33 bits per heavy atom. The van der Waals surface area contributed by atoms with Gasteiger partial charge in [-0.25, -0.2) is 0 Å². The van der Waals surface area contributed by atoms with E-state index in [0.29, 0.717) is 6.61 Å². The molecule has 3 nitrogen and oxygen atoms in total. The second-order valence-corrected chi connectivity index (χ2v) is 5.50. The summed E-state index contributed by atoms with van der Waals surface area (Å²) in [7, 11) is 0. The minimum absolute atomic E-state index is 0.000694. The predicted molar refractivity (Wildman–Crippen MR) is 60.6 cm³/mol. The number of hydrogen-bond acceptors (Lipinski definition) is 3. The number of nitrogens with one attached hydrogen (secondary N) is 1. The second-order valence-electron chi connectivity index (χ2n) is 5.50. The van der Waals surface area contributed by atoms with Crippen LogP contribution in [0.25, 0.3) is 0 Å². The SMILES string of the molecule is CC(C)(C)CCOC(=O)C1CCNCC1. The zero-order valence-corrected chi connectivity index (χ0v) is 10.1. The van der Waals surface area contributed by atoms with Gasteiger partial charge in [0.25, 0.3) is 0 Å². The van der Waals surface area contributed by atoms with Crippen LogP contribution in [0.2, 0.25) is 0 Å². The van der Waals surface area contributed by atoms with Crippen molar-refractivity contribution >= 4 is 5.97 Å². The molecule has 1 heterocycles. The van der Waals surface area contributed by atoms with E-state index in [1.165, 1.54) is 0 Å². The van der Waals surface area contributed by atoms with Gasteiger partial charge in [0.1, 0.15) is 0 Å². The number of esters is 1. The van der Waals surface area contributed by atoms with E-state index in [1.807, 2.05) is 0 Å². The van der Waals surface area contributed by atoms with Crippen LogP contribution in [0.15, 0.2) is 0 Å². The Morgan fingerprint density at radius 2 is 1.93 bits per heavy atom. The first-order valence-electron chi connectivity index (χ1n) is 5.86. The van der Waals surface area contributed by atoms with Crippen molar-refractivity contribution in [1.82, 2.24) is 5.32 Å². The Balaban J connectivity index is 2.17. The van der Waals surface area contributed by atoms with E-state index in [4.69, 9.17) is 4.74 Å². The molecule has 0 aromatic rings. The maximum absolute atomic E-state index is 11.6. The summed E-state index contributed by atoms with van der Waals surface area (Å²) in [6, 6.07) is 0. The molecule has 1 aliphatic rings. The largest absolute Gasteiger partial charge is 0.465 e. The number of carbonyl (C=O) groups excluding carboxylic acids is 1. The zero-order chi connectivity index (χ0) is 11.3. The van der Waals surface area contributed by atoms with Gasteiger partial charge in [-0.3, -0.25) is 4.79 Å². The highest BCUT2D eigenvalue weighted by Gasteiger charge is 2.22. The third-order valence-corrected chi connectivity index (χ3v) is 2.77. The van der Waals surface area contributed by atoms with E-state index in [1.54, 1.807) is 0 Å². The molecule has 0 amide bonds. The summed E-state index contributed by atoms with van der Waals surface area (Å²) in [6.45, 7) is 8.92. The Labute approximate surface area is 92.6 Å². The number of ether oxygens (including phenoxy) is 1. The number of rotatable bonds is 3. The molecule has 0 aromatic carbocycles. The molecule has 1 aliphatic heterocycles. The zero-order valence-electron chi connectivity index (χ0n) is 10.1. The number of piperidine rings is 1. The van der Waals surface area contributed by atoms with Crippen molar-refractivity contribution in [2.75, 3.05) is 19.7 Å². The van der Waals surface area contributed by atoms with Crippen molar-refractivity contribution in [1.29, 1.82) is 0 Å². The van der Waals surface area contributed by atoms with E-state index < -0.39 is 0 Å². The molecule has 1 saturated heterocycles. The molecule has 88 valence electrons. The molecular weight excluding hydrogens is 190 g/mol. The number of hydrogen-bond donors (Lipinski definition) is 1. The molecule has 1 N–H and O–H groups in total. The molecule has 0 aromatic heterocycles. The standard InChI is InChI=1S/C12H23NO2/c1-12(2,3)6-9-15-11(14)10-4-7-13-8-5-10/h10,13H,4-9H2,1-3H3. The third-order valence-electron chi connectivity index (χ3n) is 2.77. The average molecular weight is 213 g/mol. The monoisotopic (exact) mass is 213 g/mol. The van der Waals surface area contributed by atoms with Gasteiger partial charge in [-0.2, -0.15) is 0 Å². The molecule has 0 atom stereocenters. The second kappa shape index (κ2) is 5.50. The Hall–Kier alpha value is -0.570. The topological polar surface area (TPSA) is 38.3 Å². The summed E-state index contributed by atoms with van der Waals surface area (Å²) < 4.78 is 5.29. The third kappa shape index (κ3) is 5.17. The van der Waals surface area contributed by atoms with Crippen molar-refractivity contribution in [3.8, 4) is 0 Å². The van der Waals surface area contributed by atoms with Crippen LogP contribution >= 0.6 is 0 Å². The van der Waals surface area contributed by atoms with Crippen LogP contribution < -0.4 is 5.32 Å². The quantitative estimate of drug-likeness (QED) is 0.728. The van der Waals surface area contributed by atoms with E-state index >= 15 is 0 Å². The average Bonchev–Trinajstić information content (AvgIpc) is 2.17. The van der Waals surface area contributed by atoms with Crippen molar-refractivity contribution in [2.24, 2.45) is 11.3 Å². The number of carbonyl (C=O) groups is 1. The lowest BCUT2D eigenvalue weighted by Gasteiger charge is -2.22. The van der Waals surface area contributed by atoms with Gasteiger partial charge in [-0.15, -0.1) is 0 Å². The lowest BCUT2D eigenvalue weighted by molar-refractivity contribution is -0.150. The lowest BCUT2D eigenvalue weighted by Crippen LogP contribution is -2.33. The van der Waals surface area contributed by atoms with Crippen molar-refractivity contribution in [2.45, 2.75) is 40.0 Å². The first-order chi connectivity index (χ1) is 6.99. The summed E-state index contributed by atoms with van der Waals surface area (Å²) >= 11 is 0. The van der Waals surface area contributed by atoms with Gasteiger partial charge in [0, 0.05) is 0 Å². The fourth-order valence-corrected chi connectivity index (χ4v) is 1.63. The highest BCUT2D eigenvalue weighted by Crippen LogP contribution is 2.19. The van der Waals surface area contributed by atoms with E-state index in [2.05, 4.69) is 26.1 Å². The fraction of sp³-hybridized carbons (Fsp3) is 0.917. The Bertz CT molecular complexity index is 202. The predicted octanol–water partition coefficient (Wildman–Crippen LogP) is 1.97. The van der Waals surface area contributed by atoms with Gasteiger partial charge in [0.15, 0.2) is 0 Å². The minimum Gasteiger partial charge on any atom is -0.465 e. The summed E-state index contributed by atoms with van der Waals surface area (Å²) in [4.78, 5) is 11.6. The van der Waals surface area contributed by atoms with E-state index in [9.17, 15) is 4.79 Å². The van der Waals surface area contributed by atoms with Crippen molar-refractivity contribution in [3.63, 3.8) is 0 Å². The first kappa shape index (κ1) is 12.5. The molecule has 0 unspecified atom stereocenters. The normalized spacial score (nSPS) is 18.9. The molecule has 0 aliphatic carbocycles. The first-order valence-corrected chi connectivity index (χ1v) is 5.86. The summed E-state index contributed by atoms with van der Waals surface area (Å²) in [5.41, 5.74) is 0.244. The maximum atomic E-state index is 11.6. The maximum Gasteiger partial charge on any atom is 0.309 e. The Kier molecular flexibility index (Phi) is 4.58. The van der Waals surface area contributed by atoms with Crippen LogP contribution in [0, 0.1) is 11.3 Å². The Morgan fingerprint density at radius 3 is 2.47 bits per heavy atom. The molecule has 0 bridgehead atoms. The molecule has 15 heavy (non-hydrogen) atoms. The highest BCUT2D eigenvalue weighted by atomic mass is 16.5. The smallest absolute Gasteiger partial charge is 0.309 e. The fourth-order valence-electron chi connectivity index (χ4n) is 1.63. The van der Waals surface area contributed by atoms with Gasteiger partial charge < -0.3 is 10.1 Å². The van der Waals surface area contributed by atoms with Gasteiger partial charge in [0.05, 0.1) is 12.5 Å². The van der Waals surface area contributed by atoms with Crippen LogP contribution in [0.1, 0.15) is 40.0 Å². The summed E-state index contributed by atoms with van der Waals surface area (Å²) in [6.07, 6.45) is 2.78. The molecular formula is C12H23NO2. The van der Waals surface area contributed by atoms with Gasteiger partial charge >= 0.3 is 5.97 Å². The summed E-state index contributed by atoms with van der Waals surface area (Å²) in [5.74, 6) is 0.131. The van der Waals surface area contributed by atoms with Crippen LogP contribution in [0.5, 0.6) is 0 Å². The van der Waals surface area contributed by atoms with E-state index in [-0.39, 0.29) is 17.3 Å². The molecule has 0 radical (unpaired) electrons. The lowest BCUT2D eigenvalue weighted by atomic mass is 9.93. The molecule has 1 rings (SSSR count). The minimum atomic E-state index is 0.000694. The van der Waals surface area contributed by atoms with Crippen molar-refractivity contribution in [3.05, 3.63) is 0 Å². The van der Waals surface area contributed by atoms with Crippen LogP contribution in [-0.2, 0) is 9.53 Å².